The zero-order valence-corrected chi connectivity index (χ0v) is 23.0. The van der Waals surface area contributed by atoms with Gasteiger partial charge in [-0.3, -0.25) is 4.98 Å². The first kappa shape index (κ1) is 31.4. The number of nitrogens with zero attached hydrogens (tertiary/aromatic N) is 1. The molecule has 0 radical (unpaired) electrons. The summed E-state index contributed by atoms with van der Waals surface area (Å²) in [7, 11) is -3.24. The van der Waals surface area contributed by atoms with E-state index in [-0.39, 0.29) is 5.75 Å². The van der Waals surface area contributed by atoms with Gasteiger partial charge < -0.3 is 31.1 Å². The molecule has 0 bridgehead atoms. The fourth-order valence-corrected chi connectivity index (χ4v) is 4.69. The normalized spacial score (nSPS) is 15.2. The third kappa shape index (κ3) is 8.63. The van der Waals surface area contributed by atoms with Crippen LogP contribution in [0.25, 0.3) is 0 Å². The van der Waals surface area contributed by atoms with E-state index in [0.29, 0.717) is 12.2 Å². The van der Waals surface area contributed by atoms with Gasteiger partial charge in [-0.15, -0.1) is 0 Å². The molecule has 0 saturated heterocycles. The molecule has 2 atom stereocenters. The maximum Gasteiger partial charge on any atom is 0.335 e. The summed E-state index contributed by atoms with van der Waals surface area (Å²) in [5, 5.41) is 40.1. The maximum absolute atomic E-state index is 12.3. The summed E-state index contributed by atoms with van der Waals surface area (Å²) in [6, 6.07) is 7.77. The molecule has 11 nitrogen and oxygen atoms in total. The second-order valence-corrected chi connectivity index (χ2v) is 12.9. The number of aliphatic hydroxyl groups is 2. The molecule has 1 aliphatic heterocycles. The predicted molar refractivity (Wildman–Crippen MR) is 143 cm³/mol. The van der Waals surface area contributed by atoms with Gasteiger partial charge in [0.1, 0.15) is 0 Å². The SMILES string of the molecule is CC(C)(C)S(=O)(=O)Cc1ccc(CNc2c(Cl)ccc3c2CCNCC3)cn1.O=C(O)[C@H](O)[C@@H](O)C(=O)O. The first-order valence-corrected chi connectivity index (χ1v) is 13.9. The number of carbonyl (C=O) groups is 2. The van der Waals surface area contributed by atoms with Gasteiger partial charge in [0.25, 0.3) is 0 Å². The van der Waals surface area contributed by atoms with E-state index in [0.717, 1.165) is 42.2 Å². The Morgan fingerprint density at radius 1 is 1.05 bits per heavy atom. The van der Waals surface area contributed by atoms with Gasteiger partial charge in [-0.25, -0.2) is 18.0 Å². The van der Waals surface area contributed by atoms with E-state index in [1.54, 1.807) is 33.0 Å². The van der Waals surface area contributed by atoms with Crippen molar-refractivity contribution in [2.75, 3.05) is 18.4 Å². The highest BCUT2D eigenvalue weighted by Crippen LogP contribution is 2.31. The molecule has 0 fully saturated rings. The van der Waals surface area contributed by atoms with Crippen LogP contribution in [0.5, 0.6) is 0 Å². The van der Waals surface area contributed by atoms with Gasteiger partial charge >= 0.3 is 11.9 Å². The molecule has 3 rings (SSSR count). The molecule has 0 spiro atoms. The van der Waals surface area contributed by atoms with E-state index in [9.17, 15) is 18.0 Å². The number of anilines is 1. The lowest BCUT2D eigenvalue weighted by atomic mass is 10.0. The zero-order valence-electron chi connectivity index (χ0n) is 21.4. The summed E-state index contributed by atoms with van der Waals surface area (Å²) in [4.78, 5) is 23.9. The Morgan fingerprint density at radius 2 is 1.66 bits per heavy atom. The van der Waals surface area contributed by atoms with Gasteiger partial charge in [0, 0.05) is 12.7 Å². The maximum atomic E-state index is 12.3. The Balaban J connectivity index is 0.000000432. The van der Waals surface area contributed by atoms with Crippen molar-refractivity contribution in [3.63, 3.8) is 0 Å². The molecule has 6 N–H and O–H groups in total. The fourth-order valence-electron chi connectivity index (χ4n) is 3.45. The number of benzene rings is 1. The number of rotatable bonds is 8. The van der Waals surface area contributed by atoms with Crippen molar-refractivity contribution in [3.8, 4) is 0 Å². The quantitative estimate of drug-likeness (QED) is 0.270. The van der Waals surface area contributed by atoms with E-state index >= 15 is 0 Å². The largest absolute Gasteiger partial charge is 0.479 e. The van der Waals surface area contributed by atoms with Crippen LogP contribution in [-0.2, 0) is 44.6 Å². The van der Waals surface area contributed by atoms with E-state index in [2.05, 4.69) is 21.7 Å². The topological polar surface area (TPSA) is 186 Å². The molecular formula is C25H34ClN3O8S. The molecule has 210 valence electrons. The average Bonchev–Trinajstić information content (AvgIpc) is 3.08. The Labute approximate surface area is 226 Å². The summed E-state index contributed by atoms with van der Waals surface area (Å²) >= 11 is 6.46. The molecule has 2 heterocycles. The van der Waals surface area contributed by atoms with Crippen LogP contribution in [0.3, 0.4) is 0 Å². The van der Waals surface area contributed by atoms with E-state index < -0.39 is 38.7 Å². The van der Waals surface area contributed by atoms with Crippen molar-refractivity contribution in [2.24, 2.45) is 0 Å². The molecule has 0 aliphatic carbocycles. The van der Waals surface area contributed by atoms with Crippen LogP contribution < -0.4 is 10.6 Å². The number of hydrogen-bond acceptors (Lipinski definition) is 9. The number of carboxylic acid groups (broad SMARTS) is 2. The summed E-state index contributed by atoms with van der Waals surface area (Å²) < 4.78 is 23.9. The van der Waals surface area contributed by atoms with Crippen LogP contribution in [0, 0.1) is 0 Å². The second kappa shape index (κ2) is 13.3. The van der Waals surface area contributed by atoms with Crippen LogP contribution in [0.2, 0.25) is 5.02 Å². The Morgan fingerprint density at radius 3 is 2.18 bits per heavy atom. The Hall–Kier alpha value is -2.77. The van der Waals surface area contributed by atoms with Gasteiger partial charge in [-0.05, 0) is 75.5 Å². The molecular weight excluding hydrogens is 538 g/mol. The molecule has 1 aromatic carbocycles. The van der Waals surface area contributed by atoms with Crippen molar-refractivity contribution < 1.29 is 38.4 Å². The second-order valence-electron chi connectivity index (χ2n) is 9.76. The molecule has 0 amide bonds. The monoisotopic (exact) mass is 571 g/mol. The van der Waals surface area contributed by atoms with E-state index in [1.807, 2.05) is 12.1 Å². The lowest BCUT2D eigenvalue weighted by Gasteiger charge is -2.19. The Kier molecular flexibility index (Phi) is 11.0. The van der Waals surface area contributed by atoms with Gasteiger partial charge in [-0.2, -0.15) is 0 Å². The highest BCUT2D eigenvalue weighted by atomic mass is 35.5. The number of pyridine rings is 1. The minimum absolute atomic E-state index is 0.0464. The van der Waals surface area contributed by atoms with Gasteiger partial charge in [0.05, 0.1) is 26.9 Å². The van der Waals surface area contributed by atoms with Gasteiger partial charge in [0.15, 0.2) is 22.0 Å². The number of aromatic nitrogens is 1. The summed E-state index contributed by atoms with van der Waals surface area (Å²) in [5.74, 6) is -3.58. The molecule has 38 heavy (non-hydrogen) atoms. The van der Waals surface area contributed by atoms with Crippen molar-refractivity contribution >= 4 is 39.1 Å². The molecule has 0 saturated carbocycles. The first-order chi connectivity index (χ1) is 17.6. The zero-order chi connectivity index (χ0) is 28.7. The minimum atomic E-state index is -3.24. The van der Waals surface area contributed by atoms with Crippen LogP contribution >= 0.6 is 11.6 Å². The predicted octanol–water partition coefficient (Wildman–Crippen LogP) is 1.63. The third-order valence-electron chi connectivity index (χ3n) is 5.91. The number of sulfone groups is 1. The first-order valence-electron chi connectivity index (χ1n) is 11.9. The van der Waals surface area contributed by atoms with E-state index in [4.69, 9.17) is 32.0 Å². The van der Waals surface area contributed by atoms with Crippen LogP contribution in [-0.4, -0.2) is 75.8 Å². The van der Waals surface area contributed by atoms with Crippen molar-refractivity contribution in [3.05, 3.63) is 57.9 Å². The fraction of sp³-hybridized carbons (Fsp3) is 0.480. The number of hydrogen-bond donors (Lipinski definition) is 6. The summed E-state index contributed by atoms with van der Waals surface area (Å²) in [6.07, 6.45) is -0.854. The lowest BCUT2D eigenvalue weighted by molar-refractivity contribution is -0.165. The molecule has 0 unspecified atom stereocenters. The molecule has 2 aromatic rings. The van der Waals surface area contributed by atoms with Crippen LogP contribution in [0.4, 0.5) is 5.69 Å². The summed E-state index contributed by atoms with van der Waals surface area (Å²) in [5.41, 5.74) is 5.15. The van der Waals surface area contributed by atoms with Crippen molar-refractivity contribution in [1.29, 1.82) is 0 Å². The number of aliphatic carboxylic acids is 2. The van der Waals surface area contributed by atoms with Crippen molar-refractivity contribution in [1.82, 2.24) is 10.3 Å². The highest BCUT2D eigenvalue weighted by molar-refractivity contribution is 7.91. The van der Waals surface area contributed by atoms with Gasteiger partial charge in [0.2, 0.25) is 0 Å². The standard InChI is InChI=1S/C21H28ClN3O2S.C4H6O6/c1-21(2,3)28(26,27)14-17-6-4-15(12-24-17)13-25-20-18-9-11-23-10-8-16(18)5-7-19(20)22;5-1(3(7)8)2(6)4(9)10/h4-7,12,23,25H,8-11,13-14H2,1-3H3;1-2,5-6H,(H,7,8)(H,9,10)/t;1-,2-/m.1/s1. The highest BCUT2D eigenvalue weighted by Gasteiger charge is 2.30. The summed E-state index contributed by atoms with van der Waals surface area (Å²) in [6.45, 7) is 7.65. The molecule has 1 aliphatic rings. The number of halogens is 1. The number of aliphatic hydroxyl groups excluding tert-OH is 2. The number of fused-ring (bicyclic) bond motifs is 1. The molecule has 1 aromatic heterocycles. The lowest BCUT2D eigenvalue weighted by Crippen LogP contribution is -2.39. The smallest absolute Gasteiger partial charge is 0.335 e. The third-order valence-corrected chi connectivity index (χ3v) is 8.77. The van der Waals surface area contributed by atoms with Crippen molar-refractivity contribution in [2.45, 2.75) is 62.9 Å². The minimum Gasteiger partial charge on any atom is -0.479 e. The van der Waals surface area contributed by atoms with Crippen LogP contribution in [0.1, 0.15) is 43.2 Å². The number of nitrogens with one attached hydrogen (secondary N) is 2. The van der Waals surface area contributed by atoms with Crippen LogP contribution in [0.15, 0.2) is 30.5 Å². The van der Waals surface area contributed by atoms with E-state index in [1.165, 1.54) is 11.1 Å². The molecule has 13 heteroatoms. The Bertz CT molecular complexity index is 1210. The van der Waals surface area contributed by atoms with Gasteiger partial charge in [-0.1, -0.05) is 23.7 Å². The number of carboxylic acids is 2. The average molecular weight is 572 g/mol.